The summed E-state index contributed by atoms with van der Waals surface area (Å²) in [6, 6.07) is 0.974. The maximum atomic E-state index is 10.2. The fourth-order valence-corrected chi connectivity index (χ4v) is 3.63. The van der Waals surface area contributed by atoms with Crippen LogP contribution in [0.4, 0.5) is 5.82 Å². The lowest BCUT2D eigenvalue weighted by molar-refractivity contribution is 0.0690. The van der Waals surface area contributed by atoms with Crippen LogP contribution in [0, 0.1) is 5.92 Å². The Morgan fingerprint density at radius 1 is 1.26 bits per heavy atom. The van der Waals surface area contributed by atoms with E-state index in [2.05, 4.69) is 36.1 Å². The van der Waals surface area contributed by atoms with E-state index in [0.29, 0.717) is 12.0 Å². The van der Waals surface area contributed by atoms with E-state index in [1.54, 1.807) is 0 Å². The highest BCUT2D eigenvalue weighted by molar-refractivity contribution is 5.37. The third-order valence-electron chi connectivity index (χ3n) is 5.34. The molecule has 1 aliphatic heterocycles. The maximum Gasteiger partial charge on any atom is 0.147 e. The zero-order valence-corrected chi connectivity index (χ0v) is 14.6. The van der Waals surface area contributed by atoms with Crippen molar-refractivity contribution in [3.8, 4) is 0 Å². The minimum Gasteiger partial charge on any atom is -0.392 e. The molecule has 5 heteroatoms. The number of hydrogen-bond acceptors (Lipinski definition) is 5. The first-order valence-corrected chi connectivity index (χ1v) is 9.03. The van der Waals surface area contributed by atoms with Crippen LogP contribution in [0.1, 0.15) is 64.1 Å². The molecule has 1 aliphatic carbocycles. The Morgan fingerprint density at radius 2 is 2.04 bits per heavy atom. The number of anilines is 1. The molecule has 3 rings (SSSR count). The molecule has 1 aromatic rings. The summed E-state index contributed by atoms with van der Waals surface area (Å²) in [5, 5.41) is 13.8. The molecule has 1 saturated heterocycles. The lowest BCUT2D eigenvalue weighted by atomic mass is 9.89. The van der Waals surface area contributed by atoms with Gasteiger partial charge in [0.15, 0.2) is 0 Å². The summed E-state index contributed by atoms with van der Waals surface area (Å²) >= 11 is 0. The van der Waals surface area contributed by atoms with Crippen LogP contribution in [0.25, 0.3) is 0 Å². The fourth-order valence-electron chi connectivity index (χ4n) is 3.63. The molecule has 128 valence electrons. The number of nitrogens with one attached hydrogen (secondary N) is 1. The second-order valence-corrected chi connectivity index (χ2v) is 7.60. The van der Waals surface area contributed by atoms with Crippen molar-refractivity contribution in [2.75, 3.05) is 11.9 Å². The molecule has 2 aliphatic rings. The van der Waals surface area contributed by atoms with E-state index in [4.69, 9.17) is 4.98 Å². The van der Waals surface area contributed by atoms with Crippen molar-refractivity contribution >= 4 is 5.82 Å². The van der Waals surface area contributed by atoms with Crippen LogP contribution < -0.4 is 10.2 Å². The lowest BCUT2D eigenvalue weighted by Gasteiger charge is -2.37. The van der Waals surface area contributed by atoms with Gasteiger partial charge in [0.25, 0.3) is 0 Å². The maximum absolute atomic E-state index is 10.2. The van der Waals surface area contributed by atoms with Crippen LogP contribution >= 0.6 is 0 Å². The summed E-state index contributed by atoms with van der Waals surface area (Å²) in [5.41, 5.74) is 1.01. The standard InChI is InChI=1S/C18H30N4O/c1-12(2)9-15-17(23)8-7-14(20-15)16-10-19-11-18(21-16)22(3)13-5-4-6-13/h10-15,17,20,23H,4-9H2,1-3H3/t14?,15-,17+/m1/s1. The van der Waals surface area contributed by atoms with E-state index in [0.717, 1.165) is 30.8 Å². The van der Waals surface area contributed by atoms with Crippen molar-refractivity contribution in [1.82, 2.24) is 15.3 Å². The average molecular weight is 318 g/mol. The second kappa shape index (κ2) is 7.14. The molecule has 2 fully saturated rings. The van der Waals surface area contributed by atoms with Gasteiger partial charge in [-0.2, -0.15) is 0 Å². The molecule has 2 N–H and O–H groups in total. The number of nitrogens with zero attached hydrogens (tertiary/aromatic N) is 3. The van der Waals surface area contributed by atoms with Crippen LogP contribution in [-0.2, 0) is 0 Å². The van der Waals surface area contributed by atoms with E-state index in [1.807, 2.05) is 12.4 Å². The molecule has 0 radical (unpaired) electrons. The fraction of sp³-hybridized carbons (Fsp3) is 0.778. The van der Waals surface area contributed by atoms with E-state index in [1.165, 1.54) is 19.3 Å². The third kappa shape index (κ3) is 3.83. The molecule has 0 amide bonds. The molecule has 3 atom stereocenters. The summed E-state index contributed by atoms with van der Waals surface area (Å²) < 4.78 is 0. The van der Waals surface area contributed by atoms with Gasteiger partial charge in [0.1, 0.15) is 5.82 Å². The first-order chi connectivity index (χ1) is 11.0. The van der Waals surface area contributed by atoms with Gasteiger partial charge in [-0.3, -0.25) is 4.98 Å². The van der Waals surface area contributed by atoms with Crippen LogP contribution in [0.2, 0.25) is 0 Å². The number of rotatable bonds is 5. The summed E-state index contributed by atoms with van der Waals surface area (Å²) in [6.07, 6.45) is 10.1. The predicted molar refractivity (Wildman–Crippen MR) is 92.4 cm³/mol. The van der Waals surface area contributed by atoms with Gasteiger partial charge in [0, 0.05) is 19.1 Å². The van der Waals surface area contributed by atoms with Crippen LogP contribution in [0.15, 0.2) is 12.4 Å². The highest BCUT2D eigenvalue weighted by Gasteiger charge is 2.31. The third-order valence-corrected chi connectivity index (χ3v) is 5.34. The Balaban J connectivity index is 1.70. The Bertz CT molecular complexity index is 517. The molecular formula is C18H30N4O. The van der Waals surface area contributed by atoms with E-state index >= 15 is 0 Å². The highest BCUT2D eigenvalue weighted by atomic mass is 16.3. The Morgan fingerprint density at radius 3 is 2.70 bits per heavy atom. The molecular weight excluding hydrogens is 288 g/mol. The number of hydrogen-bond donors (Lipinski definition) is 2. The van der Waals surface area contributed by atoms with Gasteiger partial charge in [-0.05, 0) is 44.4 Å². The van der Waals surface area contributed by atoms with Gasteiger partial charge in [-0.15, -0.1) is 0 Å². The number of piperidine rings is 1. The molecule has 0 aromatic carbocycles. The highest BCUT2D eigenvalue weighted by Crippen LogP contribution is 2.30. The molecule has 23 heavy (non-hydrogen) atoms. The topological polar surface area (TPSA) is 61.3 Å². The number of aliphatic hydroxyl groups is 1. The molecule has 1 saturated carbocycles. The van der Waals surface area contributed by atoms with Crippen molar-refractivity contribution in [3.05, 3.63) is 18.1 Å². The molecule has 1 unspecified atom stereocenters. The summed E-state index contributed by atoms with van der Waals surface area (Å²) in [4.78, 5) is 11.5. The van der Waals surface area contributed by atoms with Crippen LogP contribution in [0.3, 0.4) is 0 Å². The first kappa shape index (κ1) is 16.7. The van der Waals surface area contributed by atoms with E-state index in [9.17, 15) is 5.11 Å². The van der Waals surface area contributed by atoms with Gasteiger partial charge in [0.2, 0.25) is 0 Å². The normalized spacial score (nSPS) is 28.7. The van der Waals surface area contributed by atoms with Gasteiger partial charge in [-0.1, -0.05) is 13.8 Å². The van der Waals surface area contributed by atoms with Crippen molar-refractivity contribution in [1.29, 1.82) is 0 Å². The van der Waals surface area contributed by atoms with Crippen LogP contribution in [-0.4, -0.2) is 40.3 Å². The summed E-state index contributed by atoms with van der Waals surface area (Å²) in [6.45, 7) is 4.40. The molecule has 0 bridgehead atoms. The van der Waals surface area contributed by atoms with Crippen LogP contribution in [0.5, 0.6) is 0 Å². The number of aliphatic hydroxyl groups excluding tert-OH is 1. The SMILES string of the molecule is CC(C)C[C@H]1NC(c2cncc(N(C)C3CCC3)n2)CC[C@@H]1O. The monoisotopic (exact) mass is 318 g/mol. The Hall–Kier alpha value is -1.20. The van der Waals surface area contributed by atoms with Gasteiger partial charge in [-0.25, -0.2) is 4.98 Å². The average Bonchev–Trinajstić information content (AvgIpc) is 2.47. The first-order valence-electron chi connectivity index (χ1n) is 9.03. The minimum atomic E-state index is -0.248. The Labute approximate surface area is 139 Å². The van der Waals surface area contributed by atoms with Crippen molar-refractivity contribution in [2.45, 2.75) is 76.6 Å². The molecule has 0 spiro atoms. The predicted octanol–water partition coefficient (Wildman–Crippen LogP) is 2.67. The largest absolute Gasteiger partial charge is 0.392 e. The zero-order valence-electron chi connectivity index (χ0n) is 14.6. The summed E-state index contributed by atoms with van der Waals surface area (Å²) in [5.74, 6) is 1.54. The number of aromatic nitrogens is 2. The summed E-state index contributed by atoms with van der Waals surface area (Å²) in [7, 11) is 2.12. The van der Waals surface area contributed by atoms with Gasteiger partial charge < -0.3 is 15.3 Å². The lowest BCUT2D eigenvalue weighted by Crippen LogP contribution is -2.47. The van der Waals surface area contributed by atoms with Gasteiger partial charge in [0.05, 0.1) is 30.2 Å². The van der Waals surface area contributed by atoms with Crippen molar-refractivity contribution in [2.24, 2.45) is 5.92 Å². The van der Waals surface area contributed by atoms with Crippen molar-refractivity contribution < 1.29 is 5.11 Å². The quantitative estimate of drug-likeness (QED) is 0.874. The molecule has 1 aromatic heterocycles. The van der Waals surface area contributed by atoms with E-state index in [-0.39, 0.29) is 18.2 Å². The molecule has 5 nitrogen and oxygen atoms in total. The second-order valence-electron chi connectivity index (χ2n) is 7.60. The smallest absolute Gasteiger partial charge is 0.147 e. The Kier molecular flexibility index (Phi) is 5.17. The van der Waals surface area contributed by atoms with Gasteiger partial charge >= 0.3 is 0 Å². The minimum absolute atomic E-state index is 0.156. The van der Waals surface area contributed by atoms with Crippen molar-refractivity contribution in [3.63, 3.8) is 0 Å². The van der Waals surface area contributed by atoms with E-state index < -0.39 is 0 Å². The zero-order chi connectivity index (χ0) is 16.4. The molecule has 2 heterocycles.